The van der Waals surface area contributed by atoms with E-state index in [0.717, 1.165) is 5.56 Å². The Morgan fingerprint density at radius 1 is 1.58 bits per heavy atom. The van der Waals surface area contributed by atoms with Gasteiger partial charge in [0.05, 0.1) is 0 Å². The number of carbonyl (C=O) groups is 1. The average molecular weight is 184 g/mol. The van der Waals surface area contributed by atoms with Gasteiger partial charge >= 0.3 is 0 Å². The Hall–Kier alpha value is -1.02. The molecule has 0 fully saturated rings. The van der Waals surface area contributed by atoms with Gasteiger partial charge in [0.15, 0.2) is 0 Å². The minimum atomic E-state index is -1.08. The summed E-state index contributed by atoms with van der Waals surface area (Å²) in [7, 11) is 0. The molecule has 1 aromatic carbocycles. The van der Waals surface area contributed by atoms with E-state index in [9.17, 15) is 9.90 Å². The molecule has 12 heavy (non-hydrogen) atoms. The molecule has 0 amide bonds. The van der Waals surface area contributed by atoms with Gasteiger partial charge in [-0.1, -0.05) is 23.7 Å². The molecular formula is C9H8ClO2-. The highest BCUT2D eigenvalue weighted by atomic mass is 35.5. The molecule has 64 valence electrons. The van der Waals surface area contributed by atoms with Crippen LogP contribution < -0.4 is 5.11 Å². The summed E-state index contributed by atoms with van der Waals surface area (Å²) in [5, 5.41) is 10.9. The standard InChI is InChI=1S/C9H9ClO2/c1-6-7(5-9(11)12)3-2-4-8(6)10/h2-4H,5H2,1H3,(H,11,12)/p-1. The largest absolute Gasteiger partial charge is 0.550 e. The van der Waals surface area contributed by atoms with Crippen LogP contribution in [-0.4, -0.2) is 5.97 Å². The third-order valence-electron chi connectivity index (χ3n) is 1.71. The Morgan fingerprint density at radius 3 is 2.83 bits per heavy atom. The van der Waals surface area contributed by atoms with Crippen molar-refractivity contribution in [2.75, 3.05) is 0 Å². The van der Waals surface area contributed by atoms with Crippen molar-refractivity contribution in [3.63, 3.8) is 0 Å². The number of carboxylic acid groups (broad SMARTS) is 1. The highest BCUT2D eigenvalue weighted by Gasteiger charge is 2.01. The lowest BCUT2D eigenvalue weighted by molar-refractivity contribution is -0.304. The Labute approximate surface area is 75.8 Å². The van der Waals surface area contributed by atoms with Crippen LogP contribution in [0.4, 0.5) is 0 Å². The van der Waals surface area contributed by atoms with Crippen molar-refractivity contribution < 1.29 is 9.90 Å². The molecule has 0 unspecified atom stereocenters. The smallest absolute Gasteiger partial charge is 0.0458 e. The first-order valence-corrected chi connectivity index (χ1v) is 3.93. The molecule has 0 aliphatic rings. The molecule has 3 heteroatoms. The average Bonchev–Trinajstić information content (AvgIpc) is 1.98. The molecule has 1 rings (SSSR count). The second-order valence-corrected chi connectivity index (χ2v) is 2.98. The minimum absolute atomic E-state index is 0.0770. The number of hydrogen-bond donors (Lipinski definition) is 0. The molecule has 0 heterocycles. The van der Waals surface area contributed by atoms with Crippen LogP contribution in [0.1, 0.15) is 11.1 Å². The maximum atomic E-state index is 10.3. The number of rotatable bonds is 2. The van der Waals surface area contributed by atoms with Gasteiger partial charge in [0.2, 0.25) is 0 Å². The van der Waals surface area contributed by atoms with Crippen molar-refractivity contribution >= 4 is 17.6 Å². The summed E-state index contributed by atoms with van der Waals surface area (Å²) < 4.78 is 0. The topological polar surface area (TPSA) is 40.1 Å². The van der Waals surface area contributed by atoms with E-state index in [0.29, 0.717) is 10.6 Å². The van der Waals surface area contributed by atoms with Gasteiger partial charge in [-0.3, -0.25) is 0 Å². The summed E-state index contributed by atoms with van der Waals surface area (Å²) in [6.07, 6.45) is -0.0770. The van der Waals surface area contributed by atoms with E-state index in [1.54, 1.807) is 25.1 Å². The first-order chi connectivity index (χ1) is 5.61. The van der Waals surface area contributed by atoms with E-state index < -0.39 is 5.97 Å². The lowest BCUT2D eigenvalue weighted by Gasteiger charge is -2.07. The fraction of sp³-hybridized carbons (Fsp3) is 0.222. The molecule has 0 saturated heterocycles. The first-order valence-electron chi connectivity index (χ1n) is 3.55. The predicted molar refractivity (Wildman–Crippen MR) is 44.9 cm³/mol. The fourth-order valence-electron chi connectivity index (χ4n) is 0.999. The van der Waals surface area contributed by atoms with E-state index in [4.69, 9.17) is 11.6 Å². The molecule has 0 aliphatic heterocycles. The van der Waals surface area contributed by atoms with Crippen LogP contribution >= 0.6 is 11.6 Å². The first kappa shape index (κ1) is 9.07. The van der Waals surface area contributed by atoms with Crippen LogP contribution in [0, 0.1) is 6.92 Å². The zero-order valence-corrected chi connectivity index (χ0v) is 7.39. The summed E-state index contributed by atoms with van der Waals surface area (Å²) >= 11 is 5.78. The zero-order chi connectivity index (χ0) is 9.14. The van der Waals surface area contributed by atoms with E-state index >= 15 is 0 Å². The number of hydrogen-bond acceptors (Lipinski definition) is 2. The van der Waals surface area contributed by atoms with Crippen molar-refractivity contribution in [3.8, 4) is 0 Å². The predicted octanol–water partition coefficient (Wildman–Crippen LogP) is 0.941. The maximum Gasteiger partial charge on any atom is 0.0458 e. The number of aliphatic carboxylic acids is 1. The third kappa shape index (κ3) is 1.98. The molecule has 0 aromatic heterocycles. The van der Waals surface area contributed by atoms with Gasteiger partial charge < -0.3 is 9.90 Å². The van der Waals surface area contributed by atoms with E-state index in [2.05, 4.69) is 0 Å². The fourth-order valence-corrected chi connectivity index (χ4v) is 1.19. The van der Waals surface area contributed by atoms with Gasteiger partial charge in [-0.05, 0) is 24.1 Å². The highest BCUT2D eigenvalue weighted by Crippen LogP contribution is 2.18. The van der Waals surface area contributed by atoms with Crippen LogP contribution in [0.15, 0.2) is 18.2 Å². The van der Waals surface area contributed by atoms with Gasteiger partial charge in [0.25, 0.3) is 0 Å². The Bertz CT molecular complexity index is 307. The number of benzene rings is 1. The molecule has 2 nitrogen and oxygen atoms in total. The highest BCUT2D eigenvalue weighted by molar-refractivity contribution is 6.31. The molecule has 0 radical (unpaired) electrons. The Balaban J connectivity index is 3.00. The van der Waals surface area contributed by atoms with E-state index in [1.807, 2.05) is 0 Å². The van der Waals surface area contributed by atoms with Gasteiger partial charge in [0, 0.05) is 17.4 Å². The van der Waals surface area contributed by atoms with E-state index in [-0.39, 0.29) is 6.42 Å². The van der Waals surface area contributed by atoms with Crippen LogP contribution in [0.5, 0.6) is 0 Å². The SMILES string of the molecule is Cc1c(Cl)cccc1CC(=O)[O-]. The summed E-state index contributed by atoms with van der Waals surface area (Å²) in [5.41, 5.74) is 1.52. The Kier molecular flexibility index (Phi) is 2.71. The van der Waals surface area contributed by atoms with Crippen LogP contribution in [0.25, 0.3) is 0 Å². The van der Waals surface area contributed by atoms with Crippen molar-refractivity contribution in [3.05, 3.63) is 34.3 Å². The summed E-state index contributed by atoms with van der Waals surface area (Å²) in [6.45, 7) is 1.79. The van der Waals surface area contributed by atoms with Gasteiger partial charge in [-0.2, -0.15) is 0 Å². The summed E-state index contributed by atoms with van der Waals surface area (Å²) in [5.74, 6) is -1.08. The lowest BCUT2D eigenvalue weighted by Crippen LogP contribution is -2.24. The van der Waals surface area contributed by atoms with Crippen LogP contribution in [-0.2, 0) is 11.2 Å². The summed E-state index contributed by atoms with van der Waals surface area (Å²) in [4.78, 5) is 10.3. The molecule has 0 aliphatic carbocycles. The minimum Gasteiger partial charge on any atom is -0.550 e. The second kappa shape index (κ2) is 3.59. The van der Waals surface area contributed by atoms with Gasteiger partial charge in [-0.25, -0.2) is 0 Å². The van der Waals surface area contributed by atoms with Crippen molar-refractivity contribution in [1.82, 2.24) is 0 Å². The van der Waals surface area contributed by atoms with Crippen molar-refractivity contribution in [1.29, 1.82) is 0 Å². The monoisotopic (exact) mass is 183 g/mol. The molecule has 0 spiro atoms. The third-order valence-corrected chi connectivity index (χ3v) is 2.12. The zero-order valence-electron chi connectivity index (χ0n) is 6.63. The summed E-state index contributed by atoms with van der Waals surface area (Å²) in [6, 6.07) is 5.19. The molecule has 0 saturated carbocycles. The number of carboxylic acids is 1. The van der Waals surface area contributed by atoms with Gasteiger partial charge in [-0.15, -0.1) is 0 Å². The van der Waals surface area contributed by atoms with Crippen molar-refractivity contribution in [2.45, 2.75) is 13.3 Å². The molecule has 0 atom stereocenters. The van der Waals surface area contributed by atoms with Crippen LogP contribution in [0.3, 0.4) is 0 Å². The molecule has 1 aromatic rings. The van der Waals surface area contributed by atoms with Gasteiger partial charge in [0.1, 0.15) is 0 Å². The number of halogens is 1. The normalized spacial score (nSPS) is 9.83. The van der Waals surface area contributed by atoms with Crippen LogP contribution in [0.2, 0.25) is 5.02 Å². The van der Waals surface area contributed by atoms with E-state index in [1.165, 1.54) is 0 Å². The maximum absolute atomic E-state index is 10.3. The van der Waals surface area contributed by atoms with Crippen molar-refractivity contribution in [2.24, 2.45) is 0 Å². The lowest BCUT2D eigenvalue weighted by atomic mass is 10.1. The second-order valence-electron chi connectivity index (χ2n) is 2.57. The Morgan fingerprint density at radius 2 is 2.25 bits per heavy atom. The molecule has 0 bridgehead atoms. The quantitative estimate of drug-likeness (QED) is 0.685. The molecule has 0 N–H and O–H groups in total. The number of carbonyl (C=O) groups excluding carboxylic acids is 1. The molecular weight excluding hydrogens is 176 g/mol.